The first-order valence-electron chi connectivity index (χ1n) is 6.06. The molecule has 1 saturated heterocycles. The van der Waals surface area contributed by atoms with Crippen LogP contribution in [0.5, 0.6) is 0 Å². The van der Waals surface area contributed by atoms with Gasteiger partial charge in [-0.05, 0) is 19.1 Å². The SMILES string of the molecule is Cc1nc2ccccc2n1CN1CCOCC1. The molecule has 90 valence electrons. The summed E-state index contributed by atoms with van der Waals surface area (Å²) < 4.78 is 7.65. The monoisotopic (exact) mass is 231 g/mol. The Morgan fingerprint density at radius 1 is 1.24 bits per heavy atom. The van der Waals surface area contributed by atoms with E-state index in [9.17, 15) is 0 Å². The molecule has 0 aliphatic carbocycles. The molecule has 0 bridgehead atoms. The maximum atomic E-state index is 5.37. The van der Waals surface area contributed by atoms with Crippen LogP contribution in [0.25, 0.3) is 11.0 Å². The minimum Gasteiger partial charge on any atom is -0.379 e. The van der Waals surface area contributed by atoms with Gasteiger partial charge >= 0.3 is 0 Å². The summed E-state index contributed by atoms with van der Waals surface area (Å²) in [5.74, 6) is 1.08. The molecule has 2 aromatic rings. The van der Waals surface area contributed by atoms with Crippen LogP contribution in [0, 0.1) is 6.92 Å². The second-order valence-corrected chi connectivity index (χ2v) is 4.45. The molecule has 4 heteroatoms. The fraction of sp³-hybridized carbons (Fsp3) is 0.462. The summed E-state index contributed by atoms with van der Waals surface area (Å²) in [6, 6.07) is 8.31. The highest BCUT2D eigenvalue weighted by Crippen LogP contribution is 2.16. The first-order chi connectivity index (χ1) is 8.34. The van der Waals surface area contributed by atoms with Crippen molar-refractivity contribution in [3.05, 3.63) is 30.1 Å². The van der Waals surface area contributed by atoms with Crippen LogP contribution < -0.4 is 0 Å². The Morgan fingerprint density at radius 2 is 2.00 bits per heavy atom. The van der Waals surface area contributed by atoms with Crippen LogP contribution in [0.3, 0.4) is 0 Å². The van der Waals surface area contributed by atoms with Gasteiger partial charge in [0.15, 0.2) is 0 Å². The number of fused-ring (bicyclic) bond motifs is 1. The van der Waals surface area contributed by atoms with E-state index in [0.29, 0.717) is 0 Å². The molecule has 0 atom stereocenters. The lowest BCUT2D eigenvalue weighted by Gasteiger charge is -2.27. The normalized spacial score (nSPS) is 17.7. The number of morpholine rings is 1. The van der Waals surface area contributed by atoms with E-state index in [1.807, 2.05) is 6.07 Å². The Labute approximate surface area is 101 Å². The number of aromatic nitrogens is 2. The maximum Gasteiger partial charge on any atom is 0.107 e. The molecule has 1 aliphatic rings. The van der Waals surface area contributed by atoms with E-state index in [1.165, 1.54) is 5.52 Å². The second kappa shape index (κ2) is 4.47. The highest BCUT2D eigenvalue weighted by atomic mass is 16.5. The van der Waals surface area contributed by atoms with E-state index in [1.54, 1.807) is 0 Å². The van der Waals surface area contributed by atoms with Crippen molar-refractivity contribution >= 4 is 11.0 Å². The first kappa shape index (κ1) is 10.7. The zero-order valence-corrected chi connectivity index (χ0v) is 10.1. The topological polar surface area (TPSA) is 30.3 Å². The van der Waals surface area contributed by atoms with Crippen molar-refractivity contribution in [2.24, 2.45) is 0 Å². The van der Waals surface area contributed by atoms with Crippen LogP contribution in [0.15, 0.2) is 24.3 Å². The van der Waals surface area contributed by atoms with Gasteiger partial charge in [-0.15, -0.1) is 0 Å². The summed E-state index contributed by atoms with van der Waals surface area (Å²) >= 11 is 0. The highest BCUT2D eigenvalue weighted by molar-refractivity contribution is 5.75. The Morgan fingerprint density at radius 3 is 2.82 bits per heavy atom. The van der Waals surface area contributed by atoms with Gasteiger partial charge in [-0.1, -0.05) is 12.1 Å². The molecule has 2 heterocycles. The Hall–Kier alpha value is -1.39. The molecule has 1 fully saturated rings. The number of hydrogen-bond acceptors (Lipinski definition) is 3. The van der Waals surface area contributed by atoms with Gasteiger partial charge in [0.05, 0.1) is 30.9 Å². The molecule has 0 N–H and O–H groups in total. The summed E-state index contributed by atoms with van der Waals surface area (Å²) in [6.45, 7) is 6.67. The lowest BCUT2D eigenvalue weighted by Crippen LogP contribution is -2.37. The van der Waals surface area contributed by atoms with Gasteiger partial charge in [-0.2, -0.15) is 0 Å². The fourth-order valence-electron chi connectivity index (χ4n) is 2.32. The first-order valence-corrected chi connectivity index (χ1v) is 6.06. The third-order valence-electron chi connectivity index (χ3n) is 3.29. The van der Waals surface area contributed by atoms with E-state index in [4.69, 9.17) is 4.74 Å². The molecule has 0 radical (unpaired) electrons. The van der Waals surface area contributed by atoms with Gasteiger partial charge < -0.3 is 9.30 Å². The van der Waals surface area contributed by atoms with Crippen molar-refractivity contribution in [2.75, 3.05) is 26.3 Å². The number of rotatable bonds is 2. The zero-order valence-electron chi connectivity index (χ0n) is 10.1. The quantitative estimate of drug-likeness (QED) is 0.787. The molecule has 0 amide bonds. The highest BCUT2D eigenvalue weighted by Gasteiger charge is 2.13. The zero-order chi connectivity index (χ0) is 11.7. The number of aryl methyl sites for hydroxylation is 1. The molecule has 0 unspecified atom stereocenters. The smallest absolute Gasteiger partial charge is 0.107 e. The lowest BCUT2D eigenvalue weighted by atomic mass is 10.3. The molecule has 4 nitrogen and oxygen atoms in total. The number of benzene rings is 1. The summed E-state index contributed by atoms with van der Waals surface area (Å²) in [5.41, 5.74) is 2.30. The van der Waals surface area contributed by atoms with E-state index >= 15 is 0 Å². The predicted octanol–water partition coefficient (Wildman–Crippen LogP) is 1.63. The summed E-state index contributed by atoms with van der Waals surface area (Å²) in [5, 5.41) is 0. The maximum absolute atomic E-state index is 5.37. The van der Waals surface area contributed by atoms with Crippen molar-refractivity contribution in [1.82, 2.24) is 14.5 Å². The van der Waals surface area contributed by atoms with Crippen molar-refractivity contribution in [3.63, 3.8) is 0 Å². The Bertz CT molecular complexity index is 514. The summed E-state index contributed by atoms with van der Waals surface area (Å²) in [7, 11) is 0. The summed E-state index contributed by atoms with van der Waals surface area (Å²) in [4.78, 5) is 6.99. The molecular formula is C13H17N3O. The molecular weight excluding hydrogens is 214 g/mol. The van der Waals surface area contributed by atoms with Gasteiger partial charge in [0.2, 0.25) is 0 Å². The van der Waals surface area contributed by atoms with Crippen LogP contribution in [-0.2, 0) is 11.4 Å². The number of imidazole rings is 1. The molecule has 0 spiro atoms. The van der Waals surface area contributed by atoms with E-state index in [2.05, 4.69) is 39.6 Å². The van der Waals surface area contributed by atoms with Crippen LogP contribution >= 0.6 is 0 Å². The molecule has 0 saturated carbocycles. The third-order valence-corrected chi connectivity index (χ3v) is 3.29. The van der Waals surface area contributed by atoms with Gasteiger partial charge in [-0.3, -0.25) is 4.90 Å². The minimum atomic E-state index is 0.839. The Kier molecular flexibility index (Phi) is 2.82. The van der Waals surface area contributed by atoms with Crippen LogP contribution in [0.1, 0.15) is 5.82 Å². The van der Waals surface area contributed by atoms with Crippen molar-refractivity contribution < 1.29 is 4.74 Å². The average molecular weight is 231 g/mol. The fourth-order valence-corrected chi connectivity index (χ4v) is 2.32. The van der Waals surface area contributed by atoms with E-state index in [-0.39, 0.29) is 0 Å². The van der Waals surface area contributed by atoms with Crippen LogP contribution in [0.4, 0.5) is 0 Å². The van der Waals surface area contributed by atoms with E-state index < -0.39 is 0 Å². The number of ether oxygens (including phenoxy) is 1. The van der Waals surface area contributed by atoms with E-state index in [0.717, 1.165) is 44.3 Å². The van der Waals surface area contributed by atoms with Gasteiger partial charge in [-0.25, -0.2) is 4.98 Å². The van der Waals surface area contributed by atoms with Crippen LogP contribution in [0.2, 0.25) is 0 Å². The molecule has 1 aromatic heterocycles. The number of hydrogen-bond donors (Lipinski definition) is 0. The van der Waals surface area contributed by atoms with Crippen LogP contribution in [-0.4, -0.2) is 40.8 Å². The second-order valence-electron chi connectivity index (χ2n) is 4.45. The summed E-state index contributed by atoms with van der Waals surface area (Å²) in [6.07, 6.45) is 0. The van der Waals surface area contributed by atoms with Gasteiger partial charge in [0.25, 0.3) is 0 Å². The third kappa shape index (κ3) is 2.06. The number of para-hydroxylation sites is 2. The standard InChI is InChI=1S/C13H17N3O/c1-11-14-12-4-2-3-5-13(12)16(11)10-15-6-8-17-9-7-15/h2-5H,6-10H2,1H3. The van der Waals surface area contributed by atoms with Crippen molar-refractivity contribution in [3.8, 4) is 0 Å². The lowest BCUT2D eigenvalue weighted by molar-refractivity contribution is 0.0238. The largest absolute Gasteiger partial charge is 0.379 e. The van der Waals surface area contributed by atoms with Gasteiger partial charge in [0.1, 0.15) is 5.82 Å². The van der Waals surface area contributed by atoms with Crippen molar-refractivity contribution in [2.45, 2.75) is 13.6 Å². The van der Waals surface area contributed by atoms with Gasteiger partial charge in [0, 0.05) is 13.1 Å². The molecule has 3 rings (SSSR count). The molecule has 1 aromatic carbocycles. The predicted molar refractivity (Wildman–Crippen MR) is 66.9 cm³/mol. The molecule has 17 heavy (non-hydrogen) atoms. The molecule has 1 aliphatic heterocycles. The minimum absolute atomic E-state index is 0.839. The Balaban J connectivity index is 1.90. The average Bonchev–Trinajstić information content (AvgIpc) is 2.68. The number of nitrogens with zero attached hydrogens (tertiary/aromatic N) is 3. The van der Waals surface area contributed by atoms with Crippen molar-refractivity contribution in [1.29, 1.82) is 0 Å².